The molecule has 1 atom stereocenters. The van der Waals surface area contributed by atoms with E-state index in [9.17, 15) is 5.11 Å². The number of aromatic nitrogens is 1. The average molecular weight is 428 g/mol. The first-order chi connectivity index (χ1) is 15.1. The van der Waals surface area contributed by atoms with Gasteiger partial charge in [0.2, 0.25) is 5.88 Å². The maximum absolute atomic E-state index is 10.6. The molecule has 6 heteroatoms. The van der Waals surface area contributed by atoms with E-state index >= 15 is 0 Å². The van der Waals surface area contributed by atoms with Gasteiger partial charge in [-0.15, -0.1) is 0 Å². The zero-order valence-electron chi connectivity index (χ0n) is 19.0. The molecule has 1 unspecified atom stereocenters. The summed E-state index contributed by atoms with van der Waals surface area (Å²) in [6.07, 6.45) is 5.55. The third kappa shape index (κ3) is 6.09. The Morgan fingerprint density at radius 1 is 1.13 bits per heavy atom. The highest BCUT2D eigenvalue weighted by atomic mass is 16.5. The van der Waals surface area contributed by atoms with Crippen LogP contribution in [0.5, 0.6) is 0 Å². The van der Waals surface area contributed by atoms with Crippen LogP contribution in [0.3, 0.4) is 0 Å². The topological polar surface area (TPSA) is 62.0 Å². The van der Waals surface area contributed by atoms with E-state index in [4.69, 9.17) is 9.26 Å². The number of hydrogen-bond acceptors (Lipinski definition) is 6. The number of aliphatic hydroxyl groups is 1. The SMILES string of the molecule is CC(C)COCC(O)CN(Cc1c(-c2ccccc2)noc1N1CCCCC1)C1CC1. The number of anilines is 1. The Morgan fingerprint density at radius 3 is 2.55 bits per heavy atom. The Hall–Kier alpha value is -1.89. The van der Waals surface area contributed by atoms with E-state index in [1.54, 1.807) is 0 Å². The van der Waals surface area contributed by atoms with Crippen LogP contribution in [0.2, 0.25) is 0 Å². The Morgan fingerprint density at radius 2 is 1.87 bits per heavy atom. The van der Waals surface area contributed by atoms with Crippen molar-refractivity contribution in [3.8, 4) is 11.3 Å². The van der Waals surface area contributed by atoms with Gasteiger partial charge in [0, 0.05) is 44.4 Å². The van der Waals surface area contributed by atoms with Gasteiger partial charge in [-0.05, 0) is 38.0 Å². The van der Waals surface area contributed by atoms with Crippen molar-refractivity contribution < 1.29 is 14.4 Å². The van der Waals surface area contributed by atoms with E-state index in [0.717, 1.165) is 42.3 Å². The van der Waals surface area contributed by atoms with Gasteiger partial charge in [0.1, 0.15) is 5.69 Å². The zero-order valence-corrected chi connectivity index (χ0v) is 19.0. The van der Waals surface area contributed by atoms with Gasteiger partial charge in [0.15, 0.2) is 0 Å². The molecule has 0 radical (unpaired) electrons. The number of rotatable bonds is 11. The molecule has 0 spiro atoms. The van der Waals surface area contributed by atoms with E-state index in [2.05, 4.69) is 40.9 Å². The van der Waals surface area contributed by atoms with Crippen LogP contribution < -0.4 is 4.90 Å². The molecule has 6 nitrogen and oxygen atoms in total. The summed E-state index contributed by atoms with van der Waals surface area (Å²) >= 11 is 0. The van der Waals surface area contributed by atoms with Crippen molar-refractivity contribution in [1.82, 2.24) is 10.1 Å². The highest BCUT2D eigenvalue weighted by Crippen LogP contribution is 2.36. The number of nitrogens with zero attached hydrogens (tertiary/aromatic N) is 3. The lowest BCUT2D eigenvalue weighted by atomic mass is 10.1. The number of hydrogen-bond donors (Lipinski definition) is 1. The van der Waals surface area contributed by atoms with Crippen LogP contribution >= 0.6 is 0 Å². The third-order valence-electron chi connectivity index (χ3n) is 6.09. The Bertz CT molecular complexity index is 798. The highest BCUT2D eigenvalue weighted by molar-refractivity contribution is 5.68. The van der Waals surface area contributed by atoms with Crippen LogP contribution in [0.4, 0.5) is 5.88 Å². The highest BCUT2D eigenvalue weighted by Gasteiger charge is 2.33. The van der Waals surface area contributed by atoms with E-state index < -0.39 is 6.10 Å². The quantitative estimate of drug-likeness (QED) is 0.576. The molecule has 1 aliphatic heterocycles. The smallest absolute Gasteiger partial charge is 0.232 e. The molecule has 1 aromatic carbocycles. The van der Waals surface area contributed by atoms with Gasteiger partial charge in [0.05, 0.1) is 18.3 Å². The van der Waals surface area contributed by atoms with Crippen molar-refractivity contribution in [2.24, 2.45) is 5.92 Å². The molecular weight excluding hydrogens is 390 g/mol. The lowest BCUT2D eigenvalue weighted by Crippen LogP contribution is -2.37. The second-order valence-electron chi connectivity index (χ2n) is 9.47. The Balaban J connectivity index is 1.53. The molecule has 1 saturated carbocycles. The molecule has 2 fully saturated rings. The summed E-state index contributed by atoms with van der Waals surface area (Å²) in [5.74, 6) is 1.39. The lowest BCUT2D eigenvalue weighted by molar-refractivity contribution is 0.00549. The van der Waals surface area contributed by atoms with Crippen molar-refractivity contribution in [3.63, 3.8) is 0 Å². The fourth-order valence-corrected chi connectivity index (χ4v) is 4.36. The van der Waals surface area contributed by atoms with E-state index in [-0.39, 0.29) is 0 Å². The number of benzene rings is 1. The maximum atomic E-state index is 10.6. The fraction of sp³-hybridized carbons (Fsp3) is 0.640. The van der Waals surface area contributed by atoms with Crippen LogP contribution in [0.1, 0.15) is 51.5 Å². The summed E-state index contributed by atoms with van der Waals surface area (Å²) in [6.45, 7) is 8.72. The summed E-state index contributed by atoms with van der Waals surface area (Å²) in [5, 5.41) is 15.1. The van der Waals surface area contributed by atoms with E-state index in [1.165, 1.54) is 32.1 Å². The molecule has 2 heterocycles. The molecule has 2 aromatic rings. The van der Waals surface area contributed by atoms with Gasteiger partial charge in [-0.2, -0.15) is 0 Å². The van der Waals surface area contributed by atoms with Crippen LogP contribution in [0.15, 0.2) is 34.9 Å². The summed E-state index contributed by atoms with van der Waals surface area (Å²) in [5.41, 5.74) is 3.16. The summed E-state index contributed by atoms with van der Waals surface area (Å²) in [6, 6.07) is 10.8. The normalized spacial score (nSPS) is 18.2. The van der Waals surface area contributed by atoms with Crippen LogP contribution in [0.25, 0.3) is 11.3 Å². The minimum Gasteiger partial charge on any atom is -0.389 e. The monoisotopic (exact) mass is 427 g/mol. The zero-order chi connectivity index (χ0) is 21.6. The minimum absolute atomic E-state index is 0.384. The van der Waals surface area contributed by atoms with E-state index in [1.807, 2.05) is 18.2 Å². The molecule has 0 bridgehead atoms. The van der Waals surface area contributed by atoms with Crippen molar-refractivity contribution in [2.45, 2.75) is 64.6 Å². The van der Waals surface area contributed by atoms with Gasteiger partial charge in [-0.25, -0.2) is 0 Å². The number of ether oxygens (including phenoxy) is 1. The Labute approximate surface area is 186 Å². The predicted molar refractivity (Wildman–Crippen MR) is 123 cm³/mol. The summed E-state index contributed by atoms with van der Waals surface area (Å²) < 4.78 is 11.6. The number of piperidine rings is 1. The minimum atomic E-state index is -0.488. The molecule has 1 aliphatic carbocycles. The van der Waals surface area contributed by atoms with Crippen molar-refractivity contribution in [2.75, 3.05) is 37.7 Å². The lowest BCUT2D eigenvalue weighted by Gasteiger charge is -2.29. The molecule has 1 saturated heterocycles. The van der Waals surface area contributed by atoms with Gasteiger partial charge in [-0.3, -0.25) is 4.90 Å². The maximum Gasteiger partial charge on any atom is 0.232 e. The van der Waals surface area contributed by atoms with E-state index in [0.29, 0.717) is 31.7 Å². The molecule has 170 valence electrons. The molecule has 1 N–H and O–H groups in total. The first kappa shape index (κ1) is 22.3. The van der Waals surface area contributed by atoms with Gasteiger partial charge < -0.3 is 19.3 Å². The molecule has 4 rings (SSSR count). The summed E-state index contributed by atoms with van der Waals surface area (Å²) in [4.78, 5) is 4.75. The predicted octanol–water partition coefficient (Wildman–Crippen LogP) is 4.33. The third-order valence-corrected chi connectivity index (χ3v) is 6.09. The van der Waals surface area contributed by atoms with Crippen molar-refractivity contribution in [1.29, 1.82) is 0 Å². The fourth-order valence-electron chi connectivity index (χ4n) is 4.36. The van der Waals surface area contributed by atoms with Crippen LogP contribution in [-0.4, -0.2) is 60.2 Å². The first-order valence-corrected chi connectivity index (χ1v) is 11.9. The Kier molecular flexibility index (Phi) is 7.64. The molecule has 31 heavy (non-hydrogen) atoms. The van der Waals surface area contributed by atoms with Crippen molar-refractivity contribution in [3.05, 3.63) is 35.9 Å². The second kappa shape index (κ2) is 10.6. The van der Waals surface area contributed by atoms with Gasteiger partial charge in [-0.1, -0.05) is 49.3 Å². The molecule has 1 aromatic heterocycles. The summed E-state index contributed by atoms with van der Waals surface area (Å²) in [7, 11) is 0. The average Bonchev–Trinajstić information content (AvgIpc) is 3.54. The number of aliphatic hydroxyl groups excluding tert-OH is 1. The van der Waals surface area contributed by atoms with Crippen LogP contribution in [0, 0.1) is 5.92 Å². The molecule has 2 aliphatic rings. The molecular formula is C25H37N3O3. The van der Waals surface area contributed by atoms with Gasteiger partial charge in [0.25, 0.3) is 0 Å². The second-order valence-corrected chi connectivity index (χ2v) is 9.47. The molecule has 0 amide bonds. The first-order valence-electron chi connectivity index (χ1n) is 11.9. The van der Waals surface area contributed by atoms with Crippen LogP contribution in [-0.2, 0) is 11.3 Å². The van der Waals surface area contributed by atoms with Gasteiger partial charge >= 0.3 is 0 Å². The standard InChI is InChI=1S/C25H37N3O3/c1-19(2)17-30-18-22(29)15-28(21-11-12-21)16-23-24(20-9-5-3-6-10-20)26-31-25(23)27-13-7-4-8-14-27/h3,5-6,9-10,19,21-22,29H,4,7-8,11-18H2,1-2H3. The van der Waals surface area contributed by atoms with Crippen molar-refractivity contribution >= 4 is 5.88 Å². The largest absolute Gasteiger partial charge is 0.389 e.